The van der Waals surface area contributed by atoms with E-state index in [9.17, 15) is 5.11 Å². The topological polar surface area (TPSA) is 35.5 Å². The van der Waals surface area contributed by atoms with Crippen molar-refractivity contribution < 1.29 is 5.11 Å². The van der Waals surface area contributed by atoms with E-state index in [-0.39, 0.29) is 6.10 Å². The maximum atomic E-state index is 9.79. The molecule has 17 heavy (non-hydrogen) atoms. The minimum Gasteiger partial charge on any atom is -0.392 e. The van der Waals surface area contributed by atoms with Gasteiger partial charge in [0.15, 0.2) is 0 Å². The maximum absolute atomic E-state index is 9.79. The van der Waals surface area contributed by atoms with E-state index >= 15 is 0 Å². The summed E-state index contributed by atoms with van der Waals surface area (Å²) in [5.41, 5.74) is 0. The predicted octanol–water partition coefficient (Wildman–Crippen LogP) is 1.86. The molecule has 0 radical (unpaired) electrons. The Labute approximate surface area is 107 Å². The number of aliphatic hydroxyl groups excluding tert-OH is 1. The van der Waals surface area contributed by atoms with Crippen molar-refractivity contribution in [2.75, 3.05) is 26.2 Å². The lowest BCUT2D eigenvalue weighted by Crippen LogP contribution is -2.38. The average Bonchev–Trinajstić information content (AvgIpc) is 2.52. The number of hydrogen-bond donors (Lipinski definition) is 2. The zero-order chi connectivity index (χ0) is 12.7. The highest BCUT2D eigenvalue weighted by Gasteiger charge is 2.17. The summed E-state index contributed by atoms with van der Waals surface area (Å²) in [7, 11) is 0. The lowest BCUT2D eigenvalue weighted by Gasteiger charge is -2.21. The Bertz CT molecular complexity index is 197. The Kier molecular flexibility index (Phi) is 7.09. The Morgan fingerprint density at radius 1 is 1.29 bits per heavy atom. The van der Waals surface area contributed by atoms with Crippen LogP contribution in [0.3, 0.4) is 0 Å². The van der Waals surface area contributed by atoms with Gasteiger partial charge in [0.1, 0.15) is 0 Å². The van der Waals surface area contributed by atoms with E-state index in [0.717, 1.165) is 6.54 Å². The highest BCUT2D eigenvalue weighted by Crippen LogP contribution is 2.11. The molecular formula is C14H30N2O. The average molecular weight is 242 g/mol. The first-order valence-electron chi connectivity index (χ1n) is 7.27. The summed E-state index contributed by atoms with van der Waals surface area (Å²) in [6.07, 6.45) is 4.82. The lowest BCUT2D eigenvalue weighted by atomic mass is 10.1. The summed E-state index contributed by atoms with van der Waals surface area (Å²) in [4.78, 5) is 2.57. The summed E-state index contributed by atoms with van der Waals surface area (Å²) in [5.74, 6) is 0.352. The minimum absolute atomic E-state index is 0.204. The molecule has 0 saturated carbocycles. The molecule has 1 aliphatic rings. The van der Waals surface area contributed by atoms with E-state index in [1.54, 1.807) is 0 Å². The first kappa shape index (κ1) is 14.9. The van der Waals surface area contributed by atoms with E-state index in [1.807, 2.05) is 0 Å². The number of nitrogens with one attached hydrogen (secondary N) is 1. The van der Waals surface area contributed by atoms with Crippen LogP contribution in [0.25, 0.3) is 0 Å². The maximum Gasteiger partial charge on any atom is 0.0687 e. The van der Waals surface area contributed by atoms with Crippen molar-refractivity contribution in [3.63, 3.8) is 0 Å². The number of nitrogens with zero attached hydrogens (tertiary/aromatic N) is 1. The fraction of sp³-hybridized carbons (Fsp3) is 1.00. The standard InChI is InChI=1S/C14H30N2O/c1-4-8-16-9-5-6-13(7-10-16)15-11-14(17)12(2)3/h12-15,17H,4-11H2,1-3H3. The number of likely N-dealkylation sites (tertiary alicyclic amines) is 1. The van der Waals surface area contributed by atoms with Gasteiger partial charge < -0.3 is 15.3 Å². The Morgan fingerprint density at radius 2 is 2.06 bits per heavy atom. The minimum atomic E-state index is -0.204. The molecule has 0 spiro atoms. The number of hydrogen-bond acceptors (Lipinski definition) is 3. The SMILES string of the molecule is CCCN1CCCC(NCC(O)C(C)C)CC1. The van der Waals surface area contributed by atoms with Crippen LogP contribution in [0.2, 0.25) is 0 Å². The van der Waals surface area contributed by atoms with Crippen molar-refractivity contribution in [3.05, 3.63) is 0 Å². The molecule has 0 bridgehead atoms. The van der Waals surface area contributed by atoms with E-state index in [0.29, 0.717) is 12.0 Å². The second-order valence-electron chi connectivity index (χ2n) is 5.69. The van der Waals surface area contributed by atoms with E-state index in [4.69, 9.17) is 0 Å². The molecule has 0 aromatic rings. The van der Waals surface area contributed by atoms with Crippen LogP contribution in [0.1, 0.15) is 46.5 Å². The summed E-state index contributed by atoms with van der Waals surface area (Å²) < 4.78 is 0. The molecule has 3 nitrogen and oxygen atoms in total. The largest absolute Gasteiger partial charge is 0.392 e. The third-order valence-corrected chi connectivity index (χ3v) is 3.75. The molecule has 1 fully saturated rings. The van der Waals surface area contributed by atoms with Gasteiger partial charge in [-0.25, -0.2) is 0 Å². The van der Waals surface area contributed by atoms with Crippen molar-refractivity contribution >= 4 is 0 Å². The molecular weight excluding hydrogens is 212 g/mol. The van der Waals surface area contributed by atoms with Gasteiger partial charge in [-0.15, -0.1) is 0 Å². The third-order valence-electron chi connectivity index (χ3n) is 3.75. The Hall–Kier alpha value is -0.120. The third kappa shape index (κ3) is 5.84. The number of rotatable bonds is 6. The molecule has 0 amide bonds. The fourth-order valence-corrected chi connectivity index (χ4v) is 2.42. The second-order valence-corrected chi connectivity index (χ2v) is 5.69. The van der Waals surface area contributed by atoms with Gasteiger partial charge in [-0.1, -0.05) is 20.8 Å². The van der Waals surface area contributed by atoms with Crippen LogP contribution >= 0.6 is 0 Å². The highest BCUT2D eigenvalue weighted by molar-refractivity contribution is 4.76. The molecule has 3 heteroatoms. The Morgan fingerprint density at radius 3 is 2.71 bits per heavy atom. The van der Waals surface area contributed by atoms with Gasteiger partial charge in [0.25, 0.3) is 0 Å². The first-order valence-corrected chi connectivity index (χ1v) is 7.27. The molecule has 0 aromatic heterocycles. The van der Waals surface area contributed by atoms with Gasteiger partial charge in [0.2, 0.25) is 0 Å². The van der Waals surface area contributed by atoms with Gasteiger partial charge in [-0.3, -0.25) is 0 Å². The fourth-order valence-electron chi connectivity index (χ4n) is 2.42. The summed E-state index contributed by atoms with van der Waals surface area (Å²) in [6.45, 7) is 10.8. The molecule has 1 saturated heterocycles. The molecule has 0 aliphatic carbocycles. The highest BCUT2D eigenvalue weighted by atomic mass is 16.3. The summed E-state index contributed by atoms with van der Waals surface area (Å²) >= 11 is 0. The molecule has 102 valence electrons. The van der Waals surface area contributed by atoms with Crippen molar-refractivity contribution in [2.24, 2.45) is 5.92 Å². The van der Waals surface area contributed by atoms with E-state index < -0.39 is 0 Å². The molecule has 2 unspecified atom stereocenters. The molecule has 1 heterocycles. The van der Waals surface area contributed by atoms with Crippen LogP contribution in [-0.2, 0) is 0 Å². The molecule has 1 rings (SSSR count). The van der Waals surface area contributed by atoms with Crippen LogP contribution in [-0.4, -0.2) is 48.3 Å². The van der Waals surface area contributed by atoms with Gasteiger partial charge >= 0.3 is 0 Å². The quantitative estimate of drug-likeness (QED) is 0.746. The summed E-state index contributed by atoms with van der Waals surface area (Å²) in [5, 5.41) is 13.3. The predicted molar refractivity (Wildman–Crippen MR) is 73.2 cm³/mol. The zero-order valence-electron chi connectivity index (χ0n) is 11.8. The van der Waals surface area contributed by atoms with Crippen LogP contribution in [0.4, 0.5) is 0 Å². The normalized spacial score (nSPS) is 24.9. The second kappa shape index (κ2) is 8.06. The van der Waals surface area contributed by atoms with Crippen molar-refractivity contribution in [3.8, 4) is 0 Å². The molecule has 1 aliphatic heterocycles. The number of aliphatic hydroxyl groups is 1. The summed E-state index contributed by atoms with van der Waals surface area (Å²) in [6, 6.07) is 0.602. The monoisotopic (exact) mass is 242 g/mol. The van der Waals surface area contributed by atoms with Crippen molar-refractivity contribution in [1.29, 1.82) is 0 Å². The van der Waals surface area contributed by atoms with Gasteiger partial charge in [-0.05, 0) is 51.2 Å². The molecule has 2 atom stereocenters. The van der Waals surface area contributed by atoms with Gasteiger partial charge in [0, 0.05) is 12.6 Å². The Balaban J connectivity index is 2.22. The van der Waals surface area contributed by atoms with Crippen molar-refractivity contribution in [1.82, 2.24) is 10.2 Å². The van der Waals surface area contributed by atoms with Crippen LogP contribution in [0, 0.1) is 5.92 Å². The van der Waals surface area contributed by atoms with Crippen LogP contribution in [0.5, 0.6) is 0 Å². The smallest absolute Gasteiger partial charge is 0.0687 e. The molecule has 0 aromatic carbocycles. The van der Waals surface area contributed by atoms with E-state index in [2.05, 4.69) is 31.0 Å². The van der Waals surface area contributed by atoms with E-state index in [1.165, 1.54) is 45.3 Å². The molecule has 2 N–H and O–H groups in total. The van der Waals surface area contributed by atoms with Gasteiger partial charge in [0.05, 0.1) is 6.10 Å². The van der Waals surface area contributed by atoms with Crippen molar-refractivity contribution in [2.45, 2.75) is 58.6 Å². The zero-order valence-corrected chi connectivity index (χ0v) is 11.8. The first-order chi connectivity index (χ1) is 8.13. The van der Waals surface area contributed by atoms with Crippen LogP contribution < -0.4 is 5.32 Å². The van der Waals surface area contributed by atoms with Gasteiger partial charge in [-0.2, -0.15) is 0 Å². The van der Waals surface area contributed by atoms with Crippen LogP contribution in [0.15, 0.2) is 0 Å². The lowest BCUT2D eigenvalue weighted by molar-refractivity contribution is 0.119.